The van der Waals surface area contributed by atoms with E-state index < -0.39 is 17.7 Å². The second-order valence-electron chi connectivity index (χ2n) is 8.89. The first-order valence-corrected chi connectivity index (χ1v) is 11.5. The first-order chi connectivity index (χ1) is 15.7. The second kappa shape index (κ2) is 10.7. The quantitative estimate of drug-likeness (QED) is 0.347. The lowest BCUT2D eigenvalue weighted by molar-refractivity contribution is -0.139. The van der Waals surface area contributed by atoms with Gasteiger partial charge >= 0.3 is 0 Å². The number of ketones is 1. The summed E-state index contributed by atoms with van der Waals surface area (Å²) in [7, 11) is 3.95. The highest BCUT2D eigenvalue weighted by molar-refractivity contribution is 6.46. The number of aliphatic hydroxyl groups excluding tert-OH is 1. The molecule has 2 aromatic carbocycles. The molecular weight excluding hydrogens is 416 g/mol. The van der Waals surface area contributed by atoms with Crippen molar-refractivity contribution in [2.75, 3.05) is 33.8 Å². The van der Waals surface area contributed by atoms with Crippen LogP contribution in [0.25, 0.3) is 5.76 Å². The zero-order valence-electron chi connectivity index (χ0n) is 20.2. The van der Waals surface area contributed by atoms with Crippen molar-refractivity contribution in [2.45, 2.75) is 39.7 Å². The summed E-state index contributed by atoms with van der Waals surface area (Å²) in [6.07, 6.45) is 1.62. The molecule has 33 heavy (non-hydrogen) atoms. The molecule has 0 aliphatic carbocycles. The Morgan fingerprint density at radius 3 is 2.39 bits per heavy atom. The Balaban J connectivity index is 2.06. The fourth-order valence-corrected chi connectivity index (χ4v) is 4.12. The molecule has 0 aromatic heterocycles. The molecule has 0 spiro atoms. The number of aryl methyl sites for hydroxylation is 2. The number of carbonyl (C=O) groups is 2. The van der Waals surface area contributed by atoms with Crippen LogP contribution in [-0.2, 0) is 9.59 Å². The highest BCUT2D eigenvalue weighted by Crippen LogP contribution is 2.40. The van der Waals surface area contributed by atoms with E-state index in [0.29, 0.717) is 24.5 Å². The van der Waals surface area contributed by atoms with Crippen LogP contribution < -0.4 is 4.74 Å². The van der Waals surface area contributed by atoms with Gasteiger partial charge in [-0.1, -0.05) is 36.8 Å². The van der Waals surface area contributed by atoms with Crippen molar-refractivity contribution in [2.24, 2.45) is 0 Å². The number of ether oxygens (including phenoxy) is 1. The molecule has 176 valence electrons. The van der Waals surface area contributed by atoms with E-state index >= 15 is 0 Å². The van der Waals surface area contributed by atoms with Crippen molar-refractivity contribution in [3.8, 4) is 5.75 Å². The average molecular weight is 451 g/mol. The molecule has 1 fully saturated rings. The molecule has 6 heteroatoms. The van der Waals surface area contributed by atoms with E-state index in [2.05, 4.69) is 0 Å². The number of likely N-dealkylation sites (tertiary alicyclic amines) is 1. The van der Waals surface area contributed by atoms with Crippen LogP contribution in [0.4, 0.5) is 0 Å². The Morgan fingerprint density at radius 2 is 1.79 bits per heavy atom. The largest absolute Gasteiger partial charge is 0.507 e. The maximum atomic E-state index is 13.2. The van der Waals surface area contributed by atoms with Crippen LogP contribution in [-0.4, -0.2) is 60.4 Å². The summed E-state index contributed by atoms with van der Waals surface area (Å²) in [5.74, 6) is -0.645. The van der Waals surface area contributed by atoms with Gasteiger partial charge in [0.15, 0.2) is 0 Å². The van der Waals surface area contributed by atoms with Crippen molar-refractivity contribution in [3.05, 3.63) is 70.3 Å². The van der Waals surface area contributed by atoms with Gasteiger partial charge in [0.05, 0.1) is 18.2 Å². The van der Waals surface area contributed by atoms with Gasteiger partial charge in [-0.2, -0.15) is 0 Å². The van der Waals surface area contributed by atoms with E-state index in [1.807, 2.05) is 70.1 Å². The first kappa shape index (κ1) is 24.5. The number of amides is 1. The summed E-state index contributed by atoms with van der Waals surface area (Å²) < 4.78 is 5.69. The molecule has 1 aliphatic heterocycles. The zero-order valence-corrected chi connectivity index (χ0v) is 20.2. The van der Waals surface area contributed by atoms with E-state index in [0.717, 1.165) is 36.1 Å². The van der Waals surface area contributed by atoms with Crippen molar-refractivity contribution in [1.82, 2.24) is 9.80 Å². The van der Waals surface area contributed by atoms with E-state index in [4.69, 9.17) is 4.74 Å². The molecule has 0 bridgehead atoms. The van der Waals surface area contributed by atoms with Crippen LogP contribution in [0.2, 0.25) is 0 Å². The van der Waals surface area contributed by atoms with Crippen molar-refractivity contribution < 1.29 is 19.4 Å². The molecule has 1 N–H and O–H groups in total. The normalized spacial score (nSPS) is 17.8. The molecule has 1 atom stereocenters. The molecule has 1 saturated heterocycles. The lowest BCUT2D eigenvalue weighted by atomic mass is 9.93. The van der Waals surface area contributed by atoms with Crippen LogP contribution in [0.3, 0.4) is 0 Å². The number of aliphatic hydroxyl groups is 1. The number of nitrogens with zero attached hydrogens (tertiary/aromatic N) is 2. The number of benzene rings is 2. The molecular formula is C27H34N2O4. The number of hydrogen-bond acceptors (Lipinski definition) is 5. The van der Waals surface area contributed by atoms with Gasteiger partial charge in [-0.05, 0) is 76.7 Å². The third-order valence-electron chi connectivity index (χ3n) is 5.86. The summed E-state index contributed by atoms with van der Waals surface area (Å²) in [5.41, 5.74) is 3.34. The van der Waals surface area contributed by atoms with Crippen LogP contribution in [0.15, 0.2) is 48.0 Å². The van der Waals surface area contributed by atoms with E-state index in [1.165, 1.54) is 0 Å². The lowest BCUT2D eigenvalue weighted by Gasteiger charge is -2.26. The van der Waals surface area contributed by atoms with Gasteiger partial charge in [0, 0.05) is 12.1 Å². The van der Waals surface area contributed by atoms with Crippen LogP contribution in [0.1, 0.15) is 48.1 Å². The van der Waals surface area contributed by atoms with Gasteiger partial charge in [-0.3, -0.25) is 9.59 Å². The molecule has 0 radical (unpaired) electrons. The molecule has 3 rings (SSSR count). The smallest absolute Gasteiger partial charge is 0.295 e. The minimum absolute atomic E-state index is 0.138. The Kier molecular flexibility index (Phi) is 7.92. The average Bonchev–Trinajstić information content (AvgIpc) is 3.02. The van der Waals surface area contributed by atoms with Gasteiger partial charge in [0.1, 0.15) is 11.5 Å². The number of carbonyl (C=O) groups excluding carboxylic acids is 2. The third kappa shape index (κ3) is 5.45. The number of hydrogen-bond donors (Lipinski definition) is 1. The molecule has 6 nitrogen and oxygen atoms in total. The monoisotopic (exact) mass is 450 g/mol. The maximum absolute atomic E-state index is 13.2. The molecule has 1 heterocycles. The van der Waals surface area contributed by atoms with Gasteiger partial charge in [0.2, 0.25) is 0 Å². The minimum Gasteiger partial charge on any atom is -0.507 e. The molecule has 1 aliphatic rings. The van der Waals surface area contributed by atoms with E-state index in [9.17, 15) is 14.7 Å². The van der Waals surface area contributed by atoms with Crippen LogP contribution in [0.5, 0.6) is 5.75 Å². The first-order valence-electron chi connectivity index (χ1n) is 11.5. The van der Waals surface area contributed by atoms with Crippen molar-refractivity contribution in [1.29, 1.82) is 0 Å². The summed E-state index contributed by atoms with van der Waals surface area (Å²) in [6, 6.07) is 12.5. The Hall–Kier alpha value is -3.12. The molecule has 2 aromatic rings. The topological polar surface area (TPSA) is 70.1 Å². The zero-order chi connectivity index (χ0) is 24.1. The second-order valence-corrected chi connectivity index (χ2v) is 8.89. The Bertz CT molecular complexity index is 1040. The van der Waals surface area contributed by atoms with Crippen molar-refractivity contribution >= 4 is 17.4 Å². The van der Waals surface area contributed by atoms with E-state index in [1.54, 1.807) is 17.0 Å². The predicted octanol–water partition coefficient (Wildman–Crippen LogP) is 4.47. The number of Topliss-reactive ketones (excluding diaryl/α,β-unsaturated/α-hetero) is 1. The lowest BCUT2D eigenvalue weighted by Crippen LogP contribution is -2.32. The molecule has 0 saturated carbocycles. The summed E-state index contributed by atoms with van der Waals surface area (Å²) in [6.45, 7) is 7.72. The van der Waals surface area contributed by atoms with Gasteiger partial charge < -0.3 is 19.6 Å². The number of rotatable bonds is 9. The fraction of sp³-hybridized carbons (Fsp3) is 0.407. The summed E-state index contributed by atoms with van der Waals surface area (Å²) >= 11 is 0. The highest BCUT2D eigenvalue weighted by Gasteiger charge is 2.45. The molecule has 1 unspecified atom stereocenters. The van der Waals surface area contributed by atoms with Crippen LogP contribution >= 0.6 is 0 Å². The van der Waals surface area contributed by atoms with Crippen molar-refractivity contribution in [3.63, 3.8) is 0 Å². The standard InChI is InChI=1S/C27H34N2O4/c1-6-16-33-21-12-13-22(19(3)17-21)25(30)23-24(20-10-8-18(2)9-11-20)29(27(32)26(23)31)15-7-14-28(4)5/h8-13,17,24,30H,6-7,14-16H2,1-5H3/b25-23-. The predicted molar refractivity (Wildman–Crippen MR) is 130 cm³/mol. The van der Waals surface area contributed by atoms with Gasteiger partial charge in [-0.25, -0.2) is 0 Å². The summed E-state index contributed by atoms with van der Waals surface area (Å²) in [5, 5.41) is 11.3. The van der Waals surface area contributed by atoms with E-state index in [-0.39, 0.29) is 11.3 Å². The van der Waals surface area contributed by atoms with Gasteiger partial charge in [-0.15, -0.1) is 0 Å². The molecule has 1 amide bonds. The maximum Gasteiger partial charge on any atom is 0.295 e. The van der Waals surface area contributed by atoms with Crippen LogP contribution in [0, 0.1) is 13.8 Å². The Morgan fingerprint density at radius 1 is 1.09 bits per heavy atom. The minimum atomic E-state index is -0.645. The SMILES string of the molecule is CCCOc1ccc(/C(O)=C2/C(=O)C(=O)N(CCCN(C)C)C2c2ccc(C)cc2)c(C)c1. The van der Waals surface area contributed by atoms with Gasteiger partial charge in [0.25, 0.3) is 11.7 Å². The third-order valence-corrected chi connectivity index (χ3v) is 5.86. The summed E-state index contributed by atoms with van der Waals surface area (Å²) in [4.78, 5) is 29.8. The fourth-order valence-electron chi connectivity index (χ4n) is 4.12. The highest BCUT2D eigenvalue weighted by atomic mass is 16.5. The Labute approximate surface area is 196 Å².